The summed E-state index contributed by atoms with van der Waals surface area (Å²) in [7, 11) is 1.64. The molecule has 2 aromatic rings. The number of hydrogen-bond acceptors (Lipinski definition) is 4. The van der Waals surface area contributed by atoms with E-state index in [4.69, 9.17) is 21.6 Å². The molecule has 27 heavy (non-hydrogen) atoms. The van der Waals surface area contributed by atoms with E-state index in [2.05, 4.69) is 11.0 Å². The Morgan fingerprint density at radius 1 is 1.15 bits per heavy atom. The molecule has 0 radical (unpaired) electrons. The molecule has 1 saturated heterocycles. The minimum Gasteiger partial charge on any atom is -0.497 e. The van der Waals surface area contributed by atoms with Crippen LogP contribution >= 0.6 is 11.6 Å². The van der Waals surface area contributed by atoms with Gasteiger partial charge in [0.05, 0.1) is 17.7 Å². The van der Waals surface area contributed by atoms with Crippen molar-refractivity contribution < 1.29 is 9.53 Å². The molecule has 3 rings (SSSR count). The number of halogens is 1. The van der Waals surface area contributed by atoms with Gasteiger partial charge >= 0.3 is 0 Å². The lowest BCUT2D eigenvalue weighted by Gasteiger charge is -2.36. The van der Waals surface area contributed by atoms with E-state index in [0.717, 1.165) is 36.5 Å². The lowest BCUT2D eigenvalue weighted by molar-refractivity contribution is -0.131. The molecule has 0 atom stereocenters. The minimum absolute atomic E-state index is 0.184. The van der Waals surface area contributed by atoms with Crippen LogP contribution in [0.1, 0.15) is 17.5 Å². The third kappa shape index (κ3) is 4.72. The molecule has 6 heteroatoms. The number of nitrogens with zero attached hydrogens (tertiary/aromatic N) is 3. The molecule has 0 saturated carbocycles. The van der Waals surface area contributed by atoms with Crippen LogP contribution in [-0.4, -0.2) is 44.1 Å². The number of anilines is 1. The average molecular weight is 384 g/mol. The van der Waals surface area contributed by atoms with Crippen molar-refractivity contribution in [3.05, 3.63) is 58.6 Å². The zero-order valence-corrected chi connectivity index (χ0v) is 16.1. The van der Waals surface area contributed by atoms with E-state index in [0.29, 0.717) is 30.1 Å². The highest BCUT2D eigenvalue weighted by Crippen LogP contribution is 2.24. The summed E-state index contributed by atoms with van der Waals surface area (Å²) >= 11 is 6.12. The second-order valence-corrected chi connectivity index (χ2v) is 6.90. The number of hydrogen-bond donors (Lipinski definition) is 0. The molecule has 1 fully saturated rings. The quantitative estimate of drug-likeness (QED) is 0.792. The number of nitriles is 1. The summed E-state index contributed by atoms with van der Waals surface area (Å²) in [4.78, 5) is 16.6. The van der Waals surface area contributed by atoms with Crippen LogP contribution in [0, 0.1) is 11.3 Å². The van der Waals surface area contributed by atoms with Gasteiger partial charge in [-0.1, -0.05) is 23.7 Å². The first kappa shape index (κ1) is 19.1. The highest BCUT2D eigenvalue weighted by atomic mass is 35.5. The second kappa shape index (κ2) is 8.79. The molecule has 0 unspecified atom stereocenters. The summed E-state index contributed by atoms with van der Waals surface area (Å²) in [5, 5.41) is 9.44. The van der Waals surface area contributed by atoms with Crippen LogP contribution in [0.5, 0.6) is 5.75 Å². The number of aryl methyl sites for hydroxylation is 1. The van der Waals surface area contributed by atoms with E-state index in [1.807, 2.05) is 41.3 Å². The normalized spacial score (nSPS) is 14.0. The Morgan fingerprint density at radius 3 is 2.44 bits per heavy atom. The van der Waals surface area contributed by atoms with E-state index in [-0.39, 0.29) is 5.91 Å². The van der Waals surface area contributed by atoms with Gasteiger partial charge in [0, 0.05) is 38.3 Å². The van der Waals surface area contributed by atoms with Crippen molar-refractivity contribution >= 4 is 23.2 Å². The Kier molecular flexibility index (Phi) is 6.20. The third-order valence-electron chi connectivity index (χ3n) is 4.86. The summed E-state index contributed by atoms with van der Waals surface area (Å²) in [6.07, 6.45) is 1.24. The summed E-state index contributed by atoms with van der Waals surface area (Å²) in [5.41, 5.74) is 2.60. The fourth-order valence-corrected chi connectivity index (χ4v) is 3.42. The predicted molar refractivity (Wildman–Crippen MR) is 106 cm³/mol. The summed E-state index contributed by atoms with van der Waals surface area (Å²) in [6.45, 7) is 2.91. The van der Waals surface area contributed by atoms with E-state index in [1.165, 1.54) is 0 Å². The fourth-order valence-electron chi connectivity index (χ4n) is 3.21. The van der Waals surface area contributed by atoms with Gasteiger partial charge in [-0.15, -0.1) is 0 Å². The molecule has 0 aliphatic carbocycles. The first-order valence-electron chi connectivity index (χ1n) is 8.96. The van der Waals surface area contributed by atoms with Gasteiger partial charge in [-0.05, 0) is 42.3 Å². The number of carbonyl (C=O) groups is 1. The highest BCUT2D eigenvalue weighted by Gasteiger charge is 2.21. The van der Waals surface area contributed by atoms with Crippen molar-refractivity contribution in [1.82, 2.24) is 4.90 Å². The van der Waals surface area contributed by atoms with Gasteiger partial charge in [-0.25, -0.2) is 0 Å². The van der Waals surface area contributed by atoms with Crippen LogP contribution in [0.4, 0.5) is 5.69 Å². The smallest absolute Gasteiger partial charge is 0.223 e. The third-order valence-corrected chi connectivity index (χ3v) is 5.17. The van der Waals surface area contributed by atoms with Gasteiger partial charge < -0.3 is 14.5 Å². The number of piperazine rings is 1. The highest BCUT2D eigenvalue weighted by molar-refractivity contribution is 6.32. The monoisotopic (exact) mass is 383 g/mol. The van der Waals surface area contributed by atoms with E-state index >= 15 is 0 Å². The Morgan fingerprint density at radius 2 is 1.85 bits per heavy atom. The molecule has 0 aromatic heterocycles. The molecule has 0 N–H and O–H groups in total. The predicted octanol–water partition coefficient (Wildman–Crippen LogP) is 3.50. The first-order valence-corrected chi connectivity index (χ1v) is 9.34. The van der Waals surface area contributed by atoms with Gasteiger partial charge in [-0.3, -0.25) is 4.79 Å². The lowest BCUT2D eigenvalue weighted by Crippen LogP contribution is -2.48. The molecule has 0 spiro atoms. The van der Waals surface area contributed by atoms with Gasteiger partial charge in [0.25, 0.3) is 0 Å². The molecule has 0 bridgehead atoms. The van der Waals surface area contributed by atoms with Crippen molar-refractivity contribution in [1.29, 1.82) is 5.26 Å². The van der Waals surface area contributed by atoms with Gasteiger partial charge in [-0.2, -0.15) is 5.26 Å². The topological polar surface area (TPSA) is 56.6 Å². The summed E-state index contributed by atoms with van der Waals surface area (Å²) in [5.74, 6) is 1.01. The maximum atomic E-state index is 12.5. The molecular formula is C21H22ClN3O2. The van der Waals surface area contributed by atoms with Crippen LogP contribution < -0.4 is 9.64 Å². The fraction of sp³-hybridized carbons (Fsp3) is 0.333. The Labute approximate surface area is 164 Å². The van der Waals surface area contributed by atoms with Gasteiger partial charge in [0.2, 0.25) is 5.91 Å². The van der Waals surface area contributed by atoms with Crippen LogP contribution in [-0.2, 0) is 11.2 Å². The van der Waals surface area contributed by atoms with E-state index in [1.54, 1.807) is 13.2 Å². The number of benzene rings is 2. The van der Waals surface area contributed by atoms with E-state index < -0.39 is 0 Å². The van der Waals surface area contributed by atoms with Crippen LogP contribution in [0.2, 0.25) is 5.02 Å². The summed E-state index contributed by atoms with van der Waals surface area (Å²) in [6, 6.07) is 15.4. The number of rotatable bonds is 5. The van der Waals surface area contributed by atoms with E-state index in [9.17, 15) is 4.79 Å². The van der Waals surface area contributed by atoms with Gasteiger partial charge in [0.1, 0.15) is 11.8 Å². The van der Waals surface area contributed by atoms with Crippen molar-refractivity contribution in [3.8, 4) is 11.8 Å². The second-order valence-electron chi connectivity index (χ2n) is 6.49. The zero-order chi connectivity index (χ0) is 19.2. The molecule has 1 amide bonds. The van der Waals surface area contributed by atoms with Crippen LogP contribution in [0.3, 0.4) is 0 Å². The molecule has 5 nitrogen and oxygen atoms in total. The molecule has 2 aromatic carbocycles. The Balaban J connectivity index is 1.50. The first-order chi connectivity index (χ1) is 13.1. The van der Waals surface area contributed by atoms with Crippen molar-refractivity contribution in [2.75, 3.05) is 38.2 Å². The van der Waals surface area contributed by atoms with Gasteiger partial charge in [0.15, 0.2) is 0 Å². The standard InChI is InChI=1S/C21H22ClN3O2/c1-27-19-7-2-16(3-8-19)4-9-21(26)25-12-10-24(11-13-25)18-6-5-17(15-23)20(22)14-18/h2-3,5-8,14H,4,9-13H2,1H3. The van der Waals surface area contributed by atoms with Crippen molar-refractivity contribution in [2.45, 2.75) is 12.8 Å². The molecule has 1 heterocycles. The number of ether oxygens (including phenoxy) is 1. The maximum absolute atomic E-state index is 12.5. The summed E-state index contributed by atoms with van der Waals surface area (Å²) < 4.78 is 5.15. The minimum atomic E-state index is 0.184. The zero-order valence-electron chi connectivity index (χ0n) is 15.3. The SMILES string of the molecule is COc1ccc(CCC(=O)N2CCN(c3ccc(C#N)c(Cl)c3)CC2)cc1. The number of carbonyl (C=O) groups excluding carboxylic acids is 1. The maximum Gasteiger partial charge on any atom is 0.223 e. The average Bonchev–Trinajstić information content (AvgIpc) is 2.72. The Bertz CT molecular complexity index is 837. The van der Waals surface area contributed by atoms with Crippen molar-refractivity contribution in [2.24, 2.45) is 0 Å². The van der Waals surface area contributed by atoms with Crippen molar-refractivity contribution in [3.63, 3.8) is 0 Å². The van der Waals surface area contributed by atoms with Crippen LogP contribution in [0.25, 0.3) is 0 Å². The Hall–Kier alpha value is -2.71. The molecular weight excluding hydrogens is 362 g/mol. The molecule has 1 aliphatic heterocycles. The number of methoxy groups -OCH3 is 1. The largest absolute Gasteiger partial charge is 0.497 e. The molecule has 1 aliphatic rings. The molecule has 140 valence electrons. The van der Waals surface area contributed by atoms with Crippen LogP contribution in [0.15, 0.2) is 42.5 Å². The lowest BCUT2D eigenvalue weighted by atomic mass is 10.1. The number of amides is 1.